The van der Waals surface area contributed by atoms with E-state index in [1.54, 1.807) is 31.5 Å². The molecule has 1 aliphatic heterocycles. The normalized spacial score (nSPS) is 14.0. The first-order valence-corrected chi connectivity index (χ1v) is 20.6. The van der Waals surface area contributed by atoms with Crippen LogP contribution in [0.15, 0.2) is 48.6 Å². The van der Waals surface area contributed by atoms with E-state index in [0.717, 1.165) is 0 Å². The first-order valence-electron chi connectivity index (χ1n) is 20.6. The van der Waals surface area contributed by atoms with Gasteiger partial charge in [0.25, 0.3) is 11.8 Å². The van der Waals surface area contributed by atoms with Crippen LogP contribution >= 0.6 is 0 Å². The highest BCUT2D eigenvalue weighted by atomic mass is 16.5. The van der Waals surface area contributed by atoms with Gasteiger partial charge in [0.1, 0.15) is 33.9 Å². The first-order chi connectivity index (χ1) is 30.4. The number of hydrogen-bond donors (Lipinski definition) is 6. The van der Waals surface area contributed by atoms with E-state index in [1.807, 2.05) is 38.2 Å². The van der Waals surface area contributed by atoms with E-state index in [2.05, 4.69) is 20.8 Å². The molecule has 0 saturated heterocycles. The van der Waals surface area contributed by atoms with E-state index in [9.17, 15) is 29.4 Å². The molecule has 0 aliphatic carbocycles. The lowest BCUT2D eigenvalue weighted by Crippen LogP contribution is -2.21. The number of amides is 4. The SMILES string of the molecule is C.CCn1nc(C)c2c1C(=O)Nc1nc3cc(C(N)=O)cc(OCCCO)c3n1C/C=C/Cn1c(nc3cc(C(N)=O)cc(OCCCO)c31)NC(=O)c1cc(C)nn1CCCC=C2. The number of aliphatic hydroxyl groups excluding tert-OH is 2. The third-order valence-electron chi connectivity index (χ3n) is 10.3. The molecule has 338 valence electrons. The lowest BCUT2D eigenvalue weighted by Gasteiger charge is -2.14. The highest BCUT2D eigenvalue weighted by Gasteiger charge is 2.25. The lowest BCUT2D eigenvalue weighted by molar-refractivity contribution is 0.0991. The van der Waals surface area contributed by atoms with Crippen LogP contribution in [-0.4, -0.2) is 98.9 Å². The van der Waals surface area contributed by atoms with Crippen molar-refractivity contribution < 1.29 is 38.9 Å². The molecule has 0 spiro atoms. The Hall–Kier alpha value is -7.32. The predicted octanol–water partition coefficient (Wildman–Crippen LogP) is 4.34. The number of carbonyl (C=O) groups excluding carboxylic acids is 4. The topological polar surface area (TPSA) is 275 Å². The molecule has 0 fully saturated rings. The van der Waals surface area contributed by atoms with Gasteiger partial charge < -0.3 is 40.3 Å². The maximum Gasteiger partial charge on any atom is 0.276 e. The molecule has 0 saturated carbocycles. The molecule has 20 heteroatoms. The number of aryl methyl sites for hydroxylation is 4. The number of ether oxygens (including phenoxy) is 2. The number of allylic oxidation sites excluding steroid dienone is 3. The van der Waals surface area contributed by atoms with Gasteiger partial charge in [0.05, 0.1) is 35.6 Å². The van der Waals surface area contributed by atoms with Crippen molar-refractivity contribution in [3.63, 3.8) is 0 Å². The number of aromatic nitrogens is 8. The van der Waals surface area contributed by atoms with Crippen molar-refractivity contribution >= 4 is 63.7 Å². The molecule has 64 heavy (non-hydrogen) atoms. The number of nitrogens with zero attached hydrogens (tertiary/aromatic N) is 8. The number of nitrogens with two attached hydrogens (primary N) is 2. The van der Waals surface area contributed by atoms with Gasteiger partial charge in [-0.1, -0.05) is 31.7 Å². The minimum Gasteiger partial charge on any atom is -0.491 e. The molecular weight excluding hydrogens is 825 g/mol. The van der Waals surface area contributed by atoms with Crippen LogP contribution in [0.4, 0.5) is 11.9 Å². The minimum atomic E-state index is -0.708. The number of primary amides is 2. The molecular formula is C44H54N12O8. The van der Waals surface area contributed by atoms with E-state index in [1.165, 1.54) is 24.3 Å². The fourth-order valence-corrected chi connectivity index (χ4v) is 7.41. The second-order valence-electron chi connectivity index (χ2n) is 14.8. The van der Waals surface area contributed by atoms with Gasteiger partial charge in [-0.15, -0.1) is 0 Å². The zero-order valence-electron chi connectivity index (χ0n) is 35.3. The number of aliphatic hydroxyl groups is 2. The van der Waals surface area contributed by atoms with Crippen molar-refractivity contribution in [3.8, 4) is 11.5 Å². The zero-order valence-corrected chi connectivity index (χ0v) is 35.3. The van der Waals surface area contributed by atoms with Crippen molar-refractivity contribution in [2.45, 2.75) is 80.1 Å². The number of imidazole rings is 2. The predicted molar refractivity (Wildman–Crippen MR) is 241 cm³/mol. The van der Waals surface area contributed by atoms with Crippen molar-refractivity contribution in [2.24, 2.45) is 11.5 Å². The zero-order chi connectivity index (χ0) is 44.8. The molecule has 6 aromatic rings. The average molecular weight is 879 g/mol. The summed E-state index contributed by atoms with van der Waals surface area (Å²) in [7, 11) is 0. The van der Waals surface area contributed by atoms with Crippen LogP contribution in [-0.2, 0) is 26.2 Å². The van der Waals surface area contributed by atoms with Gasteiger partial charge in [-0.05, 0) is 63.9 Å². The number of anilines is 2. The number of rotatable bonds is 11. The number of fused-ring (bicyclic) bond motifs is 8. The minimum absolute atomic E-state index is 0. The third-order valence-corrected chi connectivity index (χ3v) is 10.3. The number of nitrogens with one attached hydrogen (secondary N) is 2. The summed E-state index contributed by atoms with van der Waals surface area (Å²) in [6.45, 7) is 6.53. The molecule has 0 atom stereocenters. The Morgan fingerprint density at radius 2 is 1.33 bits per heavy atom. The van der Waals surface area contributed by atoms with E-state index >= 15 is 0 Å². The maximum atomic E-state index is 14.4. The fraction of sp³-hybridized carbons (Fsp3) is 0.364. The van der Waals surface area contributed by atoms with Crippen molar-refractivity contribution in [3.05, 3.63) is 88.0 Å². The van der Waals surface area contributed by atoms with Gasteiger partial charge in [-0.3, -0.25) is 39.2 Å². The van der Waals surface area contributed by atoms with Gasteiger partial charge in [-0.2, -0.15) is 10.2 Å². The molecule has 7 rings (SSSR count). The summed E-state index contributed by atoms with van der Waals surface area (Å²) in [5.74, 6) is -1.55. The van der Waals surface area contributed by atoms with Gasteiger partial charge in [-0.25, -0.2) is 9.97 Å². The van der Waals surface area contributed by atoms with Crippen LogP contribution in [0, 0.1) is 13.8 Å². The van der Waals surface area contributed by atoms with E-state index in [-0.39, 0.29) is 81.5 Å². The first kappa shape index (κ1) is 46.2. The van der Waals surface area contributed by atoms with Gasteiger partial charge in [0.15, 0.2) is 0 Å². The Balaban J connectivity index is 0.00000680. The van der Waals surface area contributed by atoms with Crippen LogP contribution in [0.25, 0.3) is 28.1 Å². The van der Waals surface area contributed by atoms with Crippen LogP contribution < -0.4 is 31.6 Å². The highest BCUT2D eigenvalue weighted by molar-refractivity contribution is 6.07. The van der Waals surface area contributed by atoms with Gasteiger partial charge in [0.2, 0.25) is 23.7 Å². The molecule has 5 heterocycles. The van der Waals surface area contributed by atoms with E-state index < -0.39 is 23.6 Å². The number of hydrogen-bond acceptors (Lipinski definition) is 12. The smallest absolute Gasteiger partial charge is 0.276 e. The Kier molecular flexibility index (Phi) is 14.6. The van der Waals surface area contributed by atoms with E-state index in [4.69, 9.17) is 30.9 Å². The van der Waals surface area contributed by atoms with Crippen LogP contribution in [0.5, 0.6) is 11.5 Å². The average Bonchev–Trinajstić information content (AvgIpc) is 3.99. The van der Waals surface area contributed by atoms with E-state index in [0.29, 0.717) is 89.2 Å². The van der Waals surface area contributed by atoms with Gasteiger partial charge >= 0.3 is 0 Å². The van der Waals surface area contributed by atoms with Gasteiger partial charge in [0, 0.05) is 68.9 Å². The Morgan fingerprint density at radius 3 is 1.84 bits per heavy atom. The van der Waals surface area contributed by atoms with Crippen molar-refractivity contribution in [1.82, 2.24) is 38.7 Å². The molecule has 20 nitrogen and oxygen atoms in total. The number of carbonyl (C=O) groups is 4. The maximum absolute atomic E-state index is 14.4. The monoisotopic (exact) mass is 878 g/mol. The standard InChI is InChI=1S/C43H50N12O8.CH4/c1-4-54-35-29(26(3)51-54)12-6-5-7-15-55-32(20-25(2)50-55)40(60)48-42-46-30-21-27(38(44)58)23-33(62-18-10-16-56)36(30)52(42)13-8-9-14-53-37-31(47-43(53)49-41(35)61)22-28(39(45)59)24-34(37)63-19-11-17-57;/h6,8-9,12,20-24,56-57H,4-5,7,10-11,13-19H2,1-3H3,(H2,44,58)(H2,45,59)(H,46,48,60)(H,47,49,61);1H4/b9-8+,12-6?;. The Morgan fingerprint density at radius 1 is 0.781 bits per heavy atom. The summed E-state index contributed by atoms with van der Waals surface area (Å²) in [6, 6.07) is 7.72. The highest BCUT2D eigenvalue weighted by Crippen LogP contribution is 2.34. The van der Waals surface area contributed by atoms with Crippen LogP contribution in [0.2, 0.25) is 0 Å². The molecule has 0 bridgehead atoms. The quantitative estimate of drug-likeness (QED) is 0.0784. The molecule has 0 radical (unpaired) electrons. The summed E-state index contributed by atoms with van der Waals surface area (Å²) >= 11 is 0. The van der Waals surface area contributed by atoms with Crippen molar-refractivity contribution in [2.75, 3.05) is 37.1 Å². The molecule has 2 aromatic carbocycles. The molecule has 0 unspecified atom stereocenters. The lowest BCUT2D eigenvalue weighted by atomic mass is 10.1. The fourth-order valence-electron chi connectivity index (χ4n) is 7.41. The Labute approximate surface area is 368 Å². The summed E-state index contributed by atoms with van der Waals surface area (Å²) in [5.41, 5.74) is 15.8. The summed E-state index contributed by atoms with van der Waals surface area (Å²) in [4.78, 5) is 62.9. The summed E-state index contributed by atoms with van der Waals surface area (Å²) in [5, 5.41) is 34.2. The van der Waals surface area contributed by atoms with Crippen LogP contribution in [0.3, 0.4) is 0 Å². The summed E-state index contributed by atoms with van der Waals surface area (Å²) < 4.78 is 18.9. The largest absolute Gasteiger partial charge is 0.491 e. The second kappa shape index (κ2) is 20.2. The molecule has 4 amide bonds. The van der Waals surface area contributed by atoms with Crippen molar-refractivity contribution in [1.29, 1.82) is 0 Å². The molecule has 4 aromatic heterocycles. The third kappa shape index (κ3) is 9.67. The summed E-state index contributed by atoms with van der Waals surface area (Å²) in [6.07, 6.45) is 9.24. The second-order valence-corrected chi connectivity index (χ2v) is 14.8. The molecule has 1 aliphatic rings. The number of benzene rings is 2. The molecule has 8 N–H and O–H groups in total. The Bertz CT molecular complexity index is 2770. The van der Waals surface area contributed by atoms with Crippen LogP contribution in [0.1, 0.15) is 98.7 Å².